The predicted octanol–water partition coefficient (Wildman–Crippen LogP) is 3.26. The maximum absolute atomic E-state index is 13.6. The van der Waals surface area contributed by atoms with E-state index in [0.29, 0.717) is 6.07 Å². The Morgan fingerprint density at radius 3 is 2.38 bits per heavy atom. The van der Waals surface area contributed by atoms with Crippen LogP contribution in [-0.2, 0) is 9.53 Å². The number of nitrogens with zero attached hydrogens (tertiary/aromatic N) is 2. The second-order valence-corrected chi connectivity index (χ2v) is 6.11. The van der Waals surface area contributed by atoms with E-state index >= 15 is 0 Å². The summed E-state index contributed by atoms with van der Waals surface area (Å²) in [5, 5.41) is 13.2. The van der Waals surface area contributed by atoms with Gasteiger partial charge in [0.15, 0.2) is 23.6 Å². The maximum atomic E-state index is 13.6. The third-order valence-electron chi connectivity index (χ3n) is 3.84. The monoisotopic (exact) mass is 411 g/mol. The Morgan fingerprint density at radius 1 is 1.14 bits per heavy atom. The Bertz CT molecular complexity index is 981. The molecule has 0 aromatic heterocycles. The summed E-state index contributed by atoms with van der Waals surface area (Å²) in [6.45, 7) is 1.16. The first-order chi connectivity index (χ1) is 13.5. The van der Waals surface area contributed by atoms with E-state index in [-0.39, 0.29) is 16.9 Å². The van der Waals surface area contributed by atoms with Gasteiger partial charge in [0, 0.05) is 20.2 Å². The number of nitro benzene ring substituents is 1. The molecule has 8 nitrogen and oxygen atoms in total. The normalized spacial score (nSPS) is 11.5. The molecule has 0 aliphatic heterocycles. The van der Waals surface area contributed by atoms with Gasteiger partial charge >= 0.3 is 5.97 Å². The number of benzene rings is 2. The van der Waals surface area contributed by atoms with Gasteiger partial charge in [-0.05, 0) is 31.2 Å². The minimum atomic E-state index is -1.76. The van der Waals surface area contributed by atoms with E-state index in [1.165, 1.54) is 17.0 Å². The van der Waals surface area contributed by atoms with Crippen molar-refractivity contribution in [3.05, 3.63) is 63.5 Å². The summed E-state index contributed by atoms with van der Waals surface area (Å²) in [4.78, 5) is 36.3. The first kappa shape index (κ1) is 21.7. The van der Waals surface area contributed by atoms with Gasteiger partial charge in [-0.15, -0.1) is 0 Å². The second kappa shape index (κ2) is 8.59. The van der Waals surface area contributed by atoms with Gasteiger partial charge in [0.05, 0.1) is 16.2 Å². The summed E-state index contributed by atoms with van der Waals surface area (Å²) in [5.41, 5.74) is -0.903. The summed E-state index contributed by atoms with van der Waals surface area (Å²) < 4.78 is 44.7. The summed E-state index contributed by atoms with van der Waals surface area (Å²) in [6.07, 6.45) is -1.46. The molecule has 0 spiro atoms. The van der Waals surface area contributed by atoms with Crippen LogP contribution < -0.4 is 10.2 Å². The van der Waals surface area contributed by atoms with Crippen LogP contribution in [0.1, 0.15) is 17.3 Å². The Labute approximate surface area is 163 Å². The highest BCUT2D eigenvalue weighted by molar-refractivity contribution is 5.98. The number of ether oxygens (including phenoxy) is 1. The molecule has 2 rings (SSSR count). The van der Waals surface area contributed by atoms with E-state index in [9.17, 15) is 32.9 Å². The van der Waals surface area contributed by atoms with Gasteiger partial charge in [0.2, 0.25) is 0 Å². The molecule has 1 unspecified atom stereocenters. The lowest BCUT2D eigenvalue weighted by molar-refractivity contribution is -0.384. The molecule has 1 amide bonds. The molecule has 1 N–H and O–H groups in total. The van der Waals surface area contributed by atoms with Crippen LogP contribution in [-0.4, -0.2) is 37.0 Å². The molecule has 154 valence electrons. The number of nitrogens with one attached hydrogen (secondary N) is 1. The van der Waals surface area contributed by atoms with Gasteiger partial charge in [0.1, 0.15) is 5.69 Å². The number of nitro groups is 1. The van der Waals surface area contributed by atoms with Gasteiger partial charge in [-0.1, -0.05) is 0 Å². The van der Waals surface area contributed by atoms with Crippen LogP contribution in [0.4, 0.5) is 30.2 Å². The molecular formula is C18H16F3N3O5. The van der Waals surface area contributed by atoms with Crippen molar-refractivity contribution in [3.63, 3.8) is 0 Å². The molecule has 1 atom stereocenters. The van der Waals surface area contributed by atoms with Crippen LogP contribution in [0.15, 0.2) is 30.3 Å². The van der Waals surface area contributed by atoms with E-state index < -0.39 is 46.0 Å². The smallest absolute Gasteiger partial charge is 0.339 e. The summed E-state index contributed by atoms with van der Waals surface area (Å²) in [7, 11) is 3.17. The fourth-order valence-corrected chi connectivity index (χ4v) is 2.31. The average Bonchev–Trinajstić information content (AvgIpc) is 2.67. The Hall–Kier alpha value is -3.63. The molecule has 2 aromatic rings. The molecule has 0 fully saturated rings. The standard InChI is InChI=1S/C18H16F3N3O5/c1-9(17(25)22-12-6-5-11(19)15(20)16(12)21)29-18(26)10-4-7-13(23(2)3)14(8-10)24(27)28/h4-9H,1-3H3,(H,22,25). The molecule has 2 aromatic carbocycles. The quantitative estimate of drug-likeness (QED) is 0.339. The number of carbonyl (C=O) groups excluding carboxylic acids is 2. The summed E-state index contributed by atoms with van der Waals surface area (Å²) >= 11 is 0. The molecule has 0 aliphatic rings. The Kier molecular flexibility index (Phi) is 6.42. The fourth-order valence-electron chi connectivity index (χ4n) is 2.31. The molecule has 0 saturated heterocycles. The number of carbonyl (C=O) groups is 2. The molecule has 0 saturated carbocycles. The molecule has 0 bridgehead atoms. The number of amides is 1. The van der Waals surface area contributed by atoms with Gasteiger partial charge in [-0.25, -0.2) is 18.0 Å². The summed E-state index contributed by atoms with van der Waals surface area (Å²) in [5.74, 6) is -6.84. The SMILES string of the molecule is CC(OC(=O)c1ccc(N(C)C)c([N+](=O)[O-])c1)C(=O)Nc1ccc(F)c(F)c1F. The van der Waals surface area contributed by atoms with Gasteiger partial charge in [-0.3, -0.25) is 14.9 Å². The van der Waals surface area contributed by atoms with Crippen LogP contribution in [0.3, 0.4) is 0 Å². The van der Waals surface area contributed by atoms with Crippen molar-refractivity contribution in [2.45, 2.75) is 13.0 Å². The number of esters is 1. The van der Waals surface area contributed by atoms with Crippen LogP contribution in [0.5, 0.6) is 0 Å². The van der Waals surface area contributed by atoms with Crippen LogP contribution in [0, 0.1) is 27.6 Å². The molecule has 29 heavy (non-hydrogen) atoms. The zero-order valence-electron chi connectivity index (χ0n) is 15.5. The minimum Gasteiger partial charge on any atom is -0.449 e. The highest BCUT2D eigenvalue weighted by Gasteiger charge is 2.24. The largest absolute Gasteiger partial charge is 0.449 e. The predicted molar refractivity (Wildman–Crippen MR) is 97.2 cm³/mol. The van der Waals surface area contributed by atoms with Crippen LogP contribution >= 0.6 is 0 Å². The number of halogens is 3. The Balaban J connectivity index is 2.14. The van der Waals surface area contributed by atoms with E-state index in [1.807, 2.05) is 5.32 Å². The average molecular weight is 411 g/mol. The highest BCUT2D eigenvalue weighted by Crippen LogP contribution is 2.28. The third-order valence-corrected chi connectivity index (χ3v) is 3.84. The third kappa shape index (κ3) is 4.81. The molecule has 11 heteroatoms. The van der Waals surface area contributed by atoms with E-state index in [4.69, 9.17) is 4.74 Å². The number of anilines is 2. The van der Waals surface area contributed by atoms with Crippen molar-refractivity contribution in [2.75, 3.05) is 24.3 Å². The molecule has 0 radical (unpaired) electrons. The maximum Gasteiger partial charge on any atom is 0.339 e. The number of hydrogen-bond donors (Lipinski definition) is 1. The lowest BCUT2D eigenvalue weighted by Crippen LogP contribution is -2.30. The summed E-state index contributed by atoms with van der Waals surface area (Å²) in [6, 6.07) is 5.05. The highest BCUT2D eigenvalue weighted by atomic mass is 19.2. The van der Waals surface area contributed by atoms with Crippen molar-refractivity contribution in [1.82, 2.24) is 0 Å². The van der Waals surface area contributed by atoms with Gasteiger partial charge < -0.3 is 15.0 Å². The van der Waals surface area contributed by atoms with Crippen molar-refractivity contribution >= 4 is 28.9 Å². The number of rotatable bonds is 6. The Morgan fingerprint density at radius 2 is 1.79 bits per heavy atom. The first-order valence-corrected chi connectivity index (χ1v) is 8.14. The van der Waals surface area contributed by atoms with E-state index in [1.54, 1.807) is 14.1 Å². The topological polar surface area (TPSA) is 102 Å². The van der Waals surface area contributed by atoms with E-state index in [2.05, 4.69) is 0 Å². The van der Waals surface area contributed by atoms with Crippen LogP contribution in [0.2, 0.25) is 0 Å². The minimum absolute atomic E-state index is 0.180. The van der Waals surface area contributed by atoms with Crippen LogP contribution in [0.25, 0.3) is 0 Å². The molecular weight excluding hydrogens is 395 g/mol. The zero-order chi connectivity index (χ0) is 21.9. The van der Waals surface area contributed by atoms with Crippen molar-refractivity contribution in [1.29, 1.82) is 0 Å². The first-order valence-electron chi connectivity index (χ1n) is 8.14. The lowest BCUT2D eigenvalue weighted by Gasteiger charge is -2.15. The second-order valence-electron chi connectivity index (χ2n) is 6.11. The zero-order valence-corrected chi connectivity index (χ0v) is 15.5. The van der Waals surface area contributed by atoms with Crippen molar-refractivity contribution < 1.29 is 32.4 Å². The van der Waals surface area contributed by atoms with E-state index in [0.717, 1.165) is 19.1 Å². The molecule has 0 heterocycles. The fraction of sp³-hybridized carbons (Fsp3) is 0.222. The van der Waals surface area contributed by atoms with Gasteiger partial charge in [-0.2, -0.15) is 0 Å². The van der Waals surface area contributed by atoms with Crippen molar-refractivity contribution in [3.8, 4) is 0 Å². The number of hydrogen-bond acceptors (Lipinski definition) is 6. The molecule has 0 aliphatic carbocycles. The van der Waals surface area contributed by atoms with Gasteiger partial charge in [0.25, 0.3) is 11.6 Å². The lowest BCUT2D eigenvalue weighted by atomic mass is 10.1. The van der Waals surface area contributed by atoms with Crippen molar-refractivity contribution in [2.24, 2.45) is 0 Å².